The van der Waals surface area contributed by atoms with Crippen LogP contribution in [0.1, 0.15) is 19.4 Å². The van der Waals surface area contributed by atoms with Gasteiger partial charge in [-0.3, -0.25) is 9.52 Å². The van der Waals surface area contributed by atoms with Crippen LogP contribution in [-0.2, 0) is 23.5 Å². The first kappa shape index (κ1) is 18.1. The van der Waals surface area contributed by atoms with Gasteiger partial charge in [-0.1, -0.05) is 25.1 Å². The van der Waals surface area contributed by atoms with Crippen LogP contribution in [0.15, 0.2) is 41.5 Å². The van der Waals surface area contributed by atoms with Crippen molar-refractivity contribution in [3.05, 3.63) is 52.6 Å². The minimum atomic E-state index is -3.48. The smallest absolute Gasteiger partial charge is 0.258 e. The molecule has 1 N–H and O–H groups in total. The number of benzene rings is 1. The first-order valence-electron chi connectivity index (χ1n) is 8.31. The minimum Gasteiger partial charge on any atom is -0.317 e. The topological polar surface area (TPSA) is 93.9 Å². The highest BCUT2D eigenvalue weighted by Crippen LogP contribution is 2.28. The van der Waals surface area contributed by atoms with Crippen molar-refractivity contribution in [1.29, 1.82) is 0 Å². The second kappa shape index (κ2) is 6.87. The summed E-state index contributed by atoms with van der Waals surface area (Å²) < 4.78 is 27.6. The van der Waals surface area contributed by atoms with E-state index in [0.717, 1.165) is 16.5 Å². The fraction of sp³-hybridized carbons (Fsp3) is 0.278. The molecule has 3 aromatic rings. The summed E-state index contributed by atoms with van der Waals surface area (Å²) in [6.45, 7) is 3.52. The predicted molar refractivity (Wildman–Crippen MR) is 103 cm³/mol. The fourth-order valence-electron chi connectivity index (χ4n) is 2.76. The molecule has 0 aliphatic carbocycles. The van der Waals surface area contributed by atoms with Crippen LogP contribution in [-0.4, -0.2) is 28.7 Å². The summed E-state index contributed by atoms with van der Waals surface area (Å²) in [7, 11) is -1.79. The van der Waals surface area contributed by atoms with E-state index in [-0.39, 0.29) is 17.3 Å². The van der Waals surface area contributed by atoms with Gasteiger partial charge in [0.15, 0.2) is 0 Å². The Labute approximate surface area is 151 Å². The molecule has 0 radical (unpaired) electrons. The van der Waals surface area contributed by atoms with Gasteiger partial charge in [0.05, 0.1) is 11.4 Å². The van der Waals surface area contributed by atoms with E-state index in [2.05, 4.69) is 14.7 Å². The third kappa shape index (κ3) is 3.32. The number of nitrogens with zero attached hydrogens (tertiary/aromatic N) is 3. The zero-order chi connectivity index (χ0) is 18.9. The summed E-state index contributed by atoms with van der Waals surface area (Å²) >= 11 is 0. The van der Waals surface area contributed by atoms with Crippen molar-refractivity contribution in [3.63, 3.8) is 0 Å². The van der Waals surface area contributed by atoms with Gasteiger partial charge < -0.3 is 4.57 Å². The number of pyridine rings is 1. The van der Waals surface area contributed by atoms with Crippen LogP contribution in [0.5, 0.6) is 0 Å². The molecule has 1 aromatic carbocycles. The van der Waals surface area contributed by atoms with E-state index >= 15 is 0 Å². The maximum absolute atomic E-state index is 12.4. The van der Waals surface area contributed by atoms with Gasteiger partial charge in [-0.15, -0.1) is 0 Å². The normalized spacial score (nSPS) is 11.7. The van der Waals surface area contributed by atoms with Crippen LogP contribution in [0.25, 0.3) is 22.0 Å². The molecule has 0 aliphatic heterocycles. The van der Waals surface area contributed by atoms with Gasteiger partial charge in [0.2, 0.25) is 16.0 Å². The molecule has 0 atom stereocenters. The number of nitrogens with one attached hydrogen (secondary N) is 1. The van der Waals surface area contributed by atoms with Crippen LogP contribution in [0.2, 0.25) is 0 Å². The highest BCUT2D eigenvalue weighted by atomic mass is 32.2. The number of aryl methyl sites for hydroxylation is 2. The molecule has 0 saturated carbocycles. The van der Waals surface area contributed by atoms with Crippen LogP contribution >= 0.6 is 0 Å². The van der Waals surface area contributed by atoms with Gasteiger partial charge in [0, 0.05) is 30.4 Å². The van der Waals surface area contributed by atoms with Gasteiger partial charge in [-0.2, -0.15) is 0 Å². The lowest BCUT2D eigenvalue weighted by atomic mass is 10.0. The summed E-state index contributed by atoms with van der Waals surface area (Å²) in [5.74, 6) is -0.0405. The summed E-state index contributed by atoms with van der Waals surface area (Å²) in [6, 6.07) is 7.31. The van der Waals surface area contributed by atoms with Gasteiger partial charge in [-0.05, 0) is 30.4 Å². The number of sulfonamides is 1. The van der Waals surface area contributed by atoms with Gasteiger partial charge in [0.25, 0.3) is 5.56 Å². The van der Waals surface area contributed by atoms with Crippen molar-refractivity contribution in [2.75, 3.05) is 10.5 Å². The summed E-state index contributed by atoms with van der Waals surface area (Å²) in [6.07, 6.45) is 4.02. The number of anilines is 1. The average Bonchev–Trinajstić information content (AvgIpc) is 2.64. The van der Waals surface area contributed by atoms with Gasteiger partial charge in [-0.25, -0.2) is 18.4 Å². The van der Waals surface area contributed by atoms with E-state index in [4.69, 9.17) is 0 Å². The Morgan fingerprint density at radius 1 is 1.15 bits per heavy atom. The third-order valence-corrected chi connectivity index (χ3v) is 5.47. The van der Waals surface area contributed by atoms with Crippen LogP contribution in [0, 0.1) is 0 Å². The van der Waals surface area contributed by atoms with Crippen molar-refractivity contribution in [1.82, 2.24) is 14.5 Å². The molecule has 26 heavy (non-hydrogen) atoms. The molecule has 0 saturated heterocycles. The van der Waals surface area contributed by atoms with Gasteiger partial charge >= 0.3 is 0 Å². The SMILES string of the molecule is CCc1cnc(NS(=O)(=O)CC)nc1-c1cn(C)c(=O)c2ccccc12. The van der Waals surface area contributed by atoms with E-state index < -0.39 is 10.0 Å². The van der Waals surface area contributed by atoms with E-state index in [0.29, 0.717) is 17.5 Å². The second-order valence-electron chi connectivity index (χ2n) is 5.93. The Balaban J connectivity index is 2.28. The molecular weight excluding hydrogens is 352 g/mol. The van der Waals surface area contributed by atoms with Crippen LogP contribution in [0.3, 0.4) is 0 Å². The molecule has 3 rings (SSSR count). The monoisotopic (exact) mass is 372 g/mol. The maximum atomic E-state index is 12.4. The standard InChI is InChI=1S/C18H20N4O3S/c1-4-12-10-19-18(21-26(24,25)5-2)20-16(12)15-11-22(3)17(23)14-9-7-6-8-13(14)15/h6-11H,4-5H2,1-3H3,(H,19,20,21). The Morgan fingerprint density at radius 3 is 2.50 bits per heavy atom. The molecule has 0 spiro atoms. The fourth-order valence-corrected chi connectivity index (χ4v) is 3.28. The van der Waals surface area contributed by atoms with Crippen molar-refractivity contribution < 1.29 is 8.42 Å². The molecule has 0 bridgehead atoms. The number of hydrogen-bond acceptors (Lipinski definition) is 5. The molecule has 2 heterocycles. The first-order chi connectivity index (χ1) is 12.4. The lowest BCUT2D eigenvalue weighted by Gasteiger charge is -2.13. The number of rotatable bonds is 5. The van der Waals surface area contributed by atoms with E-state index in [1.807, 2.05) is 25.1 Å². The summed E-state index contributed by atoms with van der Waals surface area (Å²) in [5.41, 5.74) is 2.15. The lowest BCUT2D eigenvalue weighted by molar-refractivity contribution is 0.602. The zero-order valence-electron chi connectivity index (χ0n) is 14.9. The molecule has 0 amide bonds. The number of fused-ring (bicyclic) bond motifs is 1. The van der Waals surface area contributed by atoms with E-state index in [9.17, 15) is 13.2 Å². The van der Waals surface area contributed by atoms with Crippen LogP contribution in [0.4, 0.5) is 5.95 Å². The van der Waals surface area contributed by atoms with Gasteiger partial charge in [0.1, 0.15) is 0 Å². The minimum absolute atomic E-state index is 0.0250. The highest BCUT2D eigenvalue weighted by molar-refractivity contribution is 7.92. The predicted octanol–water partition coefficient (Wildman–Crippen LogP) is 2.32. The Hall–Kier alpha value is -2.74. The molecule has 8 heteroatoms. The largest absolute Gasteiger partial charge is 0.317 e. The molecule has 0 aliphatic rings. The Kier molecular flexibility index (Phi) is 4.78. The molecule has 0 unspecified atom stereocenters. The van der Waals surface area contributed by atoms with Crippen molar-refractivity contribution in [2.24, 2.45) is 7.05 Å². The Bertz CT molecular complexity index is 1140. The van der Waals surface area contributed by atoms with Crippen molar-refractivity contribution >= 4 is 26.7 Å². The quantitative estimate of drug-likeness (QED) is 0.742. The summed E-state index contributed by atoms with van der Waals surface area (Å²) in [5, 5.41) is 1.36. The second-order valence-corrected chi connectivity index (χ2v) is 7.94. The van der Waals surface area contributed by atoms with E-state index in [1.54, 1.807) is 32.4 Å². The van der Waals surface area contributed by atoms with Crippen LogP contribution < -0.4 is 10.3 Å². The molecule has 136 valence electrons. The first-order valence-corrected chi connectivity index (χ1v) is 9.96. The third-order valence-electron chi connectivity index (χ3n) is 4.22. The highest BCUT2D eigenvalue weighted by Gasteiger charge is 2.16. The maximum Gasteiger partial charge on any atom is 0.258 e. The number of hydrogen-bond donors (Lipinski definition) is 1. The molecule has 0 fully saturated rings. The molecule has 2 aromatic heterocycles. The lowest BCUT2D eigenvalue weighted by Crippen LogP contribution is -2.18. The average molecular weight is 372 g/mol. The Morgan fingerprint density at radius 2 is 1.85 bits per heavy atom. The number of aromatic nitrogens is 3. The molecule has 7 nitrogen and oxygen atoms in total. The molecular formula is C18H20N4O3S. The zero-order valence-corrected chi connectivity index (χ0v) is 15.7. The summed E-state index contributed by atoms with van der Waals surface area (Å²) in [4.78, 5) is 21.0. The van der Waals surface area contributed by atoms with Crippen molar-refractivity contribution in [2.45, 2.75) is 20.3 Å². The van der Waals surface area contributed by atoms with E-state index in [1.165, 1.54) is 4.57 Å². The van der Waals surface area contributed by atoms with Crippen molar-refractivity contribution in [3.8, 4) is 11.3 Å².